The largest absolute Gasteiger partial charge is 0.485 e. The lowest BCUT2D eigenvalue weighted by Gasteiger charge is -2.13. The summed E-state index contributed by atoms with van der Waals surface area (Å²) >= 11 is 1.38. The van der Waals surface area contributed by atoms with Crippen molar-refractivity contribution >= 4 is 34.1 Å². The molecule has 0 saturated heterocycles. The zero-order chi connectivity index (χ0) is 24.2. The molecular formula is C27H30N4O2S. The highest BCUT2D eigenvalue weighted by molar-refractivity contribution is 7.99. The van der Waals surface area contributed by atoms with Crippen molar-refractivity contribution < 1.29 is 9.53 Å². The topological polar surface area (TPSA) is 69.0 Å². The summed E-state index contributed by atoms with van der Waals surface area (Å²) in [5.74, 6) is 1.77. The summed E-state index contributed by atoms with van der Waals surface area (Å²) in [6, 6.07) is 16.5. The Labute approximate surface area is 204 Å². The number of hydrogen-bond acceptors (Lipinski definition) is 5. The van der Waals surface area contributed by atoms with Crippen molar-refractivity contribution in [2.45, 2.75) is 52.9 Å². The van der Waals surface area contributed by atoms with E-state index >= 15 is 0 Å². The first-order valence-electron chi connectivity index (χ1n) is 11.4. The van der Waals surface area contributed by atoms with E-state index in [0.29, 0.717) is 18.3 Å². The van der Waals surface area contributed by atoms with Crippen LogP contribution in [0, 0.1) is 27.7 Å². The molecule has 1 aromatic heterocycles. The first-order chi connectivity index (χ1) is 16.4. The molecule has 0 aliphatic carbocycles. The van der Waals surface area contributed by atoms with Gasteiger partial charge in [0, 0.05) is 12.2 Å². The number of aryl methyl sites for hydroxylation is 4. The molecule has 0 fully saturated rings. The van der Waals surface area contributed by atoms with E-state index in [1.807, 2.05) is 43.5 Å². The molecule has 6 nitrogen and oxygen atoms in total. The van der Waals surface area contributed by atoms with E-state index in [1.165, 1.54) is 28.1 Å². The van der Waals surface area contributed by atoms with Crippen LogP contribution in [-0.2, 0) is 17.9 Å². The molecule has 0 aliphatic heterocycles. The van der Waals surface area contributed by atoms with E-state index < -0.39 is 0 Å². The summed E-state index contributed by atoms with van der Waals surface area (Å²) in [6.07, 6.45) is 0. The number of hydrogen-bond donors (Lipinski definition) is 1. The number of rotatable bonds is 8. The van der Waals surface area contributed by atoms with Gasteiger partial charge in [-0.3, -0.25) is 4.79 Å². The van der Waals surface area contributed by atoms with E-state index in [0.717, 1.165) is 34.0 Å². The van der Waals surface area contributed by atoms with Crippen LogP contribution in [-0.4, -0.2) is 26.4 Å². The lowest BCUT2D eigenvalue weighted by Crippen LogP contribution is -2.16. The van der Waals surface area contributed by atoms with Crippen molar-refractivity contribution in [2.24, 2.45) is 0 Å². The van der Waals surface area contributed by atoms with Gasteiger partial charge in [-0.2, -0.15) is 0 Å². The van der Waals surface area contributed by atoms with Crippen LogP contribution in [0.1, 0.15) is 35.0 Å². The minimum Gasteiger partial charge on any atom is -0.485 e. The Morgan fingerprint density at radius 2 is 1.76 bits per heavy atom. The number of thioether (sulfide) groups is 1. The Hall–Kier alpha value is -3.32. The van der Waals surface area contributed by atoms with Crippen molar-refractivity contribution in [3.8, 4) is 5.75 Å². The number of carbonyl (C=O) groups excluding carboxylic acids is 1. The number of nitrogens with one attached hydrogen (secondary N) is 1. The van der Waals surface area contributed by atoms with Crippen LogP contribution in [0.2, 0.25) is 0 Å². The third-order valence-electron chi connectivity index (χ3n) is 5.89. The number of fused-ring (bicyclic) bond motifs is 1. The molecule has 0 atom stereocenters. The van der Waals surface area contributed by atoms with E-state index in [4.69, 9.17) is 4.74 Å². The molecule has 3 aromatic carbocycles. The lowest BCUT2D eigenvalue weighted by molar-refractivity contribution is -0.113. The highest BCUT2D eigenvalue weighted by atomic mass is 32.2. The third-order valence-corrected chi connectivity index (χ3v) is 6.86. The van der Waals surface area contributed by atoms with E-state index in [-0.39, 0.29) is 11.7 Å². The quantitative estimate of drug-likeness (QED) is 0.318. The van der Waals surface area contributed by atoms with Crippen LogP contribution < -0.4 is 10.1 Å². The molecule has 0 bridgehead atoms. The molecule has 7 heteroatoms. The summed E-state index contributed by atoms with van der Waals surface area (Å²) in [5.41, 5.74) is 5.31. The Balaban J connectivity index is 1.41. The molecule has 1 N–H and O–H groups in total. The van der Waals surface area contributed by atoms with Crippen LogP contribution in [0.3, 0.4) is 0 Å². The molecule has 1 amide bonds. The monoisotopic (exact) mass is 474 g/mol. The van der Waals surface area contributed by atoms with Gasteiger partial charge in [-0.15, -0.1) is 10.2 Å². The number of carbonyl (C=O) groups is 1. The maximum atomic E-state index is 12.6. The standard InChI is InChI=1S/C27H30N4O2S/c1-6-31-24(15-33-23-12-11-21-9-7-8-10-22(21)20(23)5)29-30-27(31)34-16-25(32)28-26-18(3)13-17(2)14-19(26)4/h7-14H,6,15-16H2,1-5H3,(H,28,32). The summed E-state index contributed by atoms with van der Waals surface area (Å²) in [6.45, 7) is 11.2. The van der Waals surface area contributed by atoms with Gasteiger partial charge < -0.3 is 14.6 Å². The van der Waals surface area contributed by atoms with Gasteiger partial charge in [-0.25, -0.2) is 0 Å². The van der Waals surface area contributed by atoms with Gasteiger partial charge in [0.2, 0.25) is 5.91 Å². The SMILES string of the molecule is CCn1c(COc2ccc3ccccc3c2C)nnc1SCC(=O)Nc1c(C)cc(C)cc1C. The Bertz CT molecular complexity index is 1320. The van der Waals surface area contributed by atoms with Crippen LogP contribution in [0.4, 0.5) is 5.69 Å². The van der Waals surface area contributed by atoms with Gasteiger partial charge in [0.1, 0.15) is 12.4 Å². The van der Waals surface area contributed by atoms with Crippen molar-refractivity contribution in [3.05, 3.63) is 76.6 Å². The second kappa shape index (κ2) is 10.3. The fourth-order valence-electron chi connectivity index (χ4n) is 4.24. The second-order valence-electron chi connectivity index (χ2n) is 8.45. The zero-order valence-electron chi connectivity index (χ0n) is 20.3. The summed E-state index contributed by atoms with van der Waals surface area (Å²) in [7, 11) is 0. The molecule has 0 saturated carbocycles. The van der Waals surface area contributed by atoms with Crippen LogP contribution >= 0.6 is 11.8 Å². The van der Waals surface area contributed by atoms with E-state index in [9.17, 15) is 4.79 Å². The van der Waals surface area contributed by atoms with Crippen LogP contribution in [0.25, 0.3) is 10.8 Å². The Morgan fingerprint density at radius 1 is 1.03 bits per heavy atom. The molecule has 176 valence electrons. The molecule has 1 heterocycles. The second-order valence-corrected chi connectivity index (χ2v) is 9.39. The maximum absolute atomic E-state index is 12.6. The van der Waals surface area contributed by atoms with Crippen molar-refractivity contribution in [3.63, 3.8) is 0 Å². The Kier molecular flexibility index (Phi) is 7.22. The highest BCUT2D eigenvalue weighted by Crippen LogP contribution is 2.28. The normalized spacial score (nSPS) is 11.1. The molecule has 34 heavy (non-hydrogen) atoms. The highest BCUT2D eigenvalue weighted by Gasteiger charge is 2.15. The number of amides is 1. The van der Waals surface area contributed by atoms with E-state index in [2.05, 4.69) is 59.7 Å². The van der Waals surface area contributed by atoms with Crippen molar-refractivity contribution in [1.82, 2.24) is 14.8 Å². The van der Waals surface area contributed by atoms with Gasteiger partial charge in [-0.1, -0.05) is 59.8 Å². The predicted molar refractivity (Wildman–Crippen MR) is 139 cm³/mol. The van der Waals surface area contributed by atoms with Gasteiger partial charge in [-0.05, 0) is 68.1 Å². The Morgan fingerprint density at radius 3 is 2.50 bits per heavy atom. The minimum absolute atomic E-state index is 0.0599. The minimum atomic E-state index is -0.0599. The van der Waals surface area contributed by atoms with Crippen LogP contribution in [0.15, 0.2) is 53.7 Å². The molecule has 0 spiro atoms. The lowest BCUT2D eigenvalue weighted by atomic mass is 10.0. The average molecular weight is 475 g/mol. The van der Waals surface area contributed by atoms with E-state index in [1.54, 1.807) is 0 Å². The number of nitrogens with zero attached hydrogens (tertiary/aromatic N) is 3. The van der Waals surface area contributed by atoms with Gasteiger partial charge in [0.25, 0.3) is 0 Å². The fraction of sp³-hybridized carbons (Fsp3) is 0.296. The summed E-state index contributed by atoms with van der Waals surface area (Å²) < 4.78 is 8.11. The number of anilines is 1. The number of aromatic nitrogens is 3. The predicted octanol–water partition coefficient (Wildman–Crippen LogP) is 5.99. The summed E-state index contributed by atoms with van der Waals surface area (Å²) in [4.78, 5) is 12.6. The summed E-state index contributed by atoms with van der Waals surface area (Å²) in [5, 5.41) is 14.8. The maximum Gasteiger partial charge on any atom is 0.234 e. The average Bonchev–Trinajstić information content (AvgIpc) is 3.21. The zero-order valence-corrected chi connectivity index (χ0v) is 21.1. The van der Waals surface area contributed by atoms with Crippen LogP contribution in [0.5, 0.6) is 5.75 Å². The third kappa shape index (κ3) is 5.09. The van der Waals surface area contributed by atoms with Gasteiger partial charge >= 0.3 is 0 Å². The first kappa shape index (κ1) is 23.8. The first-order valence-corrected chi connectivity index (χ1v) is 12.4. The fourth-order valence-corrected chi connectivity index (χ4v) is 5.06. The van der Waals surface area contributed by atoms with Crippen molar-refractivity contribution in [1.29, 1.82) is 0 Å². The number of ether oxygens (including phenoxy) is 1. The molecule has 0 radical (unpaired) electrons. The molecule has 4 aromatic rings. The molecular weight excluding hydrogens is 444 g/mol. The smallest absolute Gasteiger partial charge is 0.234 e. The van der Waals surface area contributed by atoms with Gasteiger partial charge in [0.05, 0.1) is 5.75 Å². The molecule has 0 unspecified atom stereocenters. The number of benzene rings is 3. The van der Waals surface area contributed by atoms with Gasteiger partial charge in [0.15, 0.2) is 11.0 Å². The molecule has 0 aliphatic rings. The molecule has 4 rings (SSSR count). The van der Waals surface area contributed by atoms with Crippen molar-refractivity contribution in [2.75, 3.05) is 11.1 Å².